The molecular weight excluding hydrogens is 264 g/mol. The van der Waals surface area contributed by atoms with Crippen LogP contribution in [0.25, 0.3) is 0 Å². The van der Waals surface area contributed by atoms with Crippen LogP contribution in [0.5, 0.6) is 0 Å². The maximum Gasteiger partial charge on any atom is 0.160 e. The van der Waals surface area contributed by atoms with Crippen LogP contribution in [0.3, 0.4) is 0 Å². The van der Waals surface area contributed by atoms with Crippen molar-refractivity contribution in [3.05, 3.63) is 30.7 Å². The standard InChI is InChI=1S/C15H20N6/c1-11-5-4-8-21(9-11)15-13(16)14(18-10-19-15)20-12-6-2-3-7-17-12/h2-3,6-7,10-11H,4-5,8-9,16H2,1H3,(H,17,18,19,20). The Bertz CT molecular complexity index is 600. The molecule has 3 rings (SSSR count). The Morgan fingerprint density at radius 2 is 2.19 bits per heavy atom. The summed E-state index contributed by atoms with van der Waals surface area (Å²) in [6.07, 6.45) is 5.72. The van der Waals surface area contributed by atoms with E-state index in [9.17, 15) is 0 Å². The lowest BCUT2D eigenvalue weighted by atomic mass is 10.0. The normalized spacial score (nSPS) is 18.5. The highest BCUT2D eigenvalue weighted by Gasteiger charge is 2.21. The highest BCUT2D eigenvalue weighted by atomic mass is 15.2. The summed E-state index contributed by atoms with van der Waals surface area (Å²) in [5.41, 5.74) is 6.83. The Hall–Kier alpha value is -2.37. The van der Waals surface area contributed by atoms with Crippen molar-refractivity contribution in [2.75, 3.05) is 29.0 Å². The molecule has 0 radical (unpaired) electrons. The minimum Gasteiger partial charge on any atom is -0.393 e. The van der Waals surface area contributed by atoms with E-state index >= 15 is 0 Å². The molecule has 1 saturated heterocycles. The summed E-state index contributed by atoms with van der Waals surface area (Å²) in [5, 5.41) is 3.15. The SMILES string of the molecule is CC1CCCN(c2ncnc(Nc3ccccn3)c2N)C1. The molecular formula is C15H20N6. The molecule has 0 aromatic carbocycles. The molecule has 0 saturated carbocycles. The lowest BCUT2D eigenvalue weighted by Crippen LogP contribution is -2.35. The Labute approximate surface area is 124 Å². The number of hydrogen-bond donors (Lipinski definition) is 2. The summed E-state index contributed by atoms with van der Waals surface area (Å²) in [5.74, 6) is 2.81. The predicted molar refractivity (Wildman–Crippen MR) is 84.6 cm³/mol. The van der Waals surface area contributed by atoms with Crippen LogP contribution >= 0.6 is 0 Å². The molecule has 1 aliphatic heterocycles. The lowest BCUT2D eigenvalue weighted by molar-refractivity contribution is 0.445. The minimum absolute atomic E-state index is 0.581. The number of rotatable bonds is 3. The third-order valence-electron chi connectivity index (χ3n) is 3.73. The van der Waals surface area contributed by atoms with Crippen LogP contribution in [0.4, 0.5) is 23.1 Å². The molecule has 2 aromatic rings. The maximum absolute atomic E-state index is 6.25. The number of nitrogens with zero attached hydrogens (tertiary/aromatic N) is 4. The Morgan fingerprint density at radius 3 is 2.95 bits per heavy atom. The quantitative estimate of drug-likeness (QED) is 0.901. The van der Waals surface area contributed by atoms with Gasteiger partial charge < -0.3 is 16.0 Å². The number of nitrogens with two attached hydrogens (primary N) is 1. The highest BCUT2D eigenvalue weighted by molar-refractivity contribution is 5.77. The largest absolute Gasteiger partial charge is 0.393 e. The number of piperidine rings is 1. The van der Waals surface area contributed by atoms with E-state index in [0.717, 1.165) is 24.7 Å². The first-order chi connectivity index (χ1) is 10.2. The second-order valence-electron chi connectivity index (χ2n) is 5.49. The number of aromatic nitrogens is 3. The van der Waals surface area contributed by atoms with Gasteiger partial charge in [-0.25, -0.2) is 15.0 Å². The van der Waals surface area contributed by atoms with Crippen molar-refractivity contribution in [2.24, 2.45) is 5.92 Å². The first-order valence-electron chi connectivity index (χ1n) is 7.27. The van der Waals surface area contributed by atoms with E-state index in [0.29, 0.717) is 17.4 Å². The fraction of sp³-hybridized carbons (Fsp3) is 0.400. The smallest absolute Gasteiger partial charge is 0.160 e. The average molecular weight is 284 g/mol. The fourth-order valence-corrected chi connectivity index (χ4v) is 2.68. The van der Waals surface area contributed by atoms with Gasteiger partial charge in [0.1, 0.15) is 17.8 Å². The molecule has 110 valence electrons. The van der Waals surface area contributed by atoms with Crippen LogP contribution in [-0.2, 0) is 0 Å². The van der Waals surface area contributed by atoms with Gasteiger partial charge in [-0.15, -0.1) is 0 Å². The molecule has 3 N–H and O–H groups in total. The van der Waals surface area contributed by atoms with Crippen molar-refractivity contribution in [2.45, 2.75) is 19.8 Å². The van der Waals surface area contributed by atoms with Crippen LogP contribution < -0.4 is 16.0 Å². The van der Waals surface area contributed by atoms with Gasteiger partial charge >= 0.3 is 0 Å². The molecule has 6 nitrogen and oxygen atoms in total. The van der Waals surface area contributed by atoms with E-state index in [1.807, 2.05) is 18.2 Å². The number of anilines is 4. The summed E-state index contributed by atoms with van der Waals surface area (Å²) in [4.78, 5) is 15.1. The predicted octanol–water partition coefficient (Wildman–Crippen LogP) is 2.43. The van der Waals surface area contributed by atoms with Gasteiger partial charge in [0.25, 0.3) is 0 Å². The van der Waals surface area contributed by atoms with Gasteiger partial charge in [0.2, 0.25) is 0 Å². The summed E-state index contributed by atoms with van der Waals surface area (Å²) >= 11 is 0. The molecule has 1 unspecified atom stereocenters. The van der Waals surface area contributed by atoms with Crippen molar-refractivity contribution >= 4 is 23.1 Å². The Morgan fingerprint density at radius 1 is 1.29 bits per heavy atom. The van der Waals surface area contributed by atoms with E-state index < -0.39 is 0 Å². The van der Waals surface area contributed by atoms with E-state index in [-0.39, 0.29) is 0 Å². The average Bonchev–Trinajstić information content (AvgIpc) is 2.50. The van der Waals surface area contributed by atoms with Gasteiger partial charge in [-0.3, -0.25) is 0 Å². The lowest BCUT2D eigenvalue weighted by Gasteiger charge is -2.32. The molecule has 1 aliphatic rings. The molecule has 2 aromatic heterocycles. The molecule has 0 amide bonds. The third kappa shape index (κ3) is 3.04. The number of nitrogen functional groups attached to an aromatic ring is 1. The van der Waals surface area contributed by atoms with Crippen molar-refractivity contribution in [1.82, 2.24) is 15.0 Å². The summed E-state index contributed by atoms with van der Waals surface area (Å²) in [7, 11) is 0. The Kier molecular flexibility index (Phi) is 3.85. The summed E-state index contributed by atoms with van der Waals surface area (Å²) in [6, 6.07) is 5.67. The molecule has 0 aliphatic carbocycles. The number of hydrogen-bond acceptors (Lipinski definition) is 6. The van der Waals surface area contributed by atoms with Crippen molar-refractivity contribution in [3.63, 3.8) is 0 Å². The zero-order chi connectivity index (χ0) is 14.7. The molecule has 0 bridgehead atoms. The minimum atomic E-state index is 0.581. The highest BCUT2D eigenvalue weighted by Crippen LogP contribution is 2.30. The van der Waals surface area contributed by atoms with Gasteiger partial charge in [-0.1, -0.05) is 13.0 Å². The number of pyridine rings is 1. The maximum atomic E-state index is 6.25. The van der Waals surface area contributed by atoms with Gasteiger partial charge in [-0.2, -0.15) is 0 Å². The molecule has 3 heterocycles. The van der Waals surface area contributed by atoms with Gasteiger partial charge in [0.05, 0.1) is 0 Å². The van der Waals surface area contributed by atoms with E-state index in [1.54, 1.807) is 12.5 Å². The van der Waals surface area contributed by atoms with Gasteiger partial charge in [0.15, 0.2) is 11.6 Å². The van der Waals surface area contributed by atoms with Crippen molar-refractivity contribution in [1.29, 1.82) is 0 Å². The zero-order valence-corrected chi connectivity index (χ0v) is 12.2. The zero-order valence-electron chi connectivity index (χ0n) is 12.2. The second-order valence-corrected chi connectivity index (χ2v) is 5.49. The van der Waals surface area contributed by atoms with E-state index in [4.69, 9.17) is 5.73 Å². The third-order valence-corrected chi connectivity index (χ3v) is 3.73. The molecule has 6 heteroatoms. The van der Waals surface area contributed by atoms with Crippen molar-refractivity contribution in [3.8, 4) is 0 Å². The number of nitrogens with one attached hydrogen (secondary N) is 1. The molecule has 1 atom stereocenters. The van der Waals surface area contributed by atoms with Crippen LogP contribution in [-0.4, -0.2) is 28.0 Å². The molecule has 1 fully saturated rings. The first-order valence-corrected chi connectivity index (χ1v) is 7.27. The van der Waals surface area contributed by atoms with Crippen LogP contribution in [0.2, 0.25) is 0 Å². The molecule has 0 spiro atoms. The van der Waals surface area contributed by atoms with Gasteiger partial charge in [-0.05, 0) is 30.9 Å². The Balaban J connectivity index is 1.85. The first kappa shape index (κ1) is 13.6. The van der Waals surface area contributed by atoms with Gasteiger partial charge in [0, 0.05) is 19.3 Å². The topological polar surface area (TPSA) is 80.0 Å². The van der Waals surface area contributed by atoms with Crippen LogP contribution in [0.1, 0.15) is 19.8 Å². The monoisotopic (exact) mass is 284 g/mol. The van der Waals surface area contributed by atoms with E-state index in [2.05, 4.69) is 32.1 Å². The summed E-state index contributed by atoms with van der Waals surface area (Å²) < 4.78 is 0. The second kappa shape index (κ2) is 5.95. The fourth-order valence-electron chi connectivity index (χ4n) is 2.68. The van der Waals surface area contributed by atoms with Crippen LogP contribution in [0.15, 0.2) is 30.7 Å². The summed E-state index contributed by atoms with van der Waals surface area (Å²) in [6.45, 7) is 4.25. The van der Waals surface area contributed by atoms with Crippen LogP contribution in [0, 0.1) is 5.92 Å². The molecule has 21 heavy (non-hydrogen) atoms. The van der Waals surface area contributed by atoms with Crippen molar-refractivity contribution < 1.29 is 0 Å². The van der Waals surface area contributed by atoms with E-state index in [1.165, 1.54) is 12.8 Å².